The average Bonchev–Trinajstić information content (AvgIpc) is 3.42. The van der Waals surface area contributed by atoms with Crippen LogP contribution in [-0.2, 0) is 4.79 Å². The quantitative estimate of drug-likeness (QED) is 0.790. The van der Waals surface area contributed by atoms with Crippen LogP contribution in [0.25, 0.3) is 0 Å². The molecule has 2 aliphatic rings. The third-order valence-corrected chi connectivity index (χ3v) is 6.41. The normalized spacial score (nSPS) is 24.8. The first-order valence-corrected chi connectivity index (χ1v) is 10.8. The van der Waals surface area contributed by atoms with Crippen molar-refractivity contribution in [2.24, 2.45) is 0 Å². The van der Waals surface area contributed by atoms with Crippen molar-refractivity contribution < 1.29 is 4.79 Å². The van der Waals surface area contributed by atoms with Crippen LogP contribution in [0.5, 0.6) is 0 Å². The number of aromatic nitrogens is 2. The van der Waals surface area contributed by atoms with Crippen molar-refractivity contribution in [3.8, 4) is 0 Å². The number of carbonyl (C=O) groups is 1. The van der Waals surface area contributed by atoms with Crippen LogP contribution in [0.15, 0.2) is 36.5 Å². The van der Waals surface area contributed by atoms with Gasteiger partial charge < -0.3 is 9.80 Å². The molecule has 7 nitrogen and oxygen atoms in total. The number of amides is 1. The Morgan fingerprint density at radius 1 is 1.23 bits per heavy atom. The SMILES string of the molecule is Cc1ccc(C(C)C(=O)N2CCCC2C2NNCC2c2ccnc(N(C)C)n2)cc1. The summed E-state index contributed by atoms with van der Waals surface area (Å²) in [5, 5.41) is 0. The maximum atomic E-state index is 13.4. The van der Waals surface area contributed by atoms with Crippen molar-refractivity contribution in [3.63, 3.8) is 0 Å². The molecule has 160 valence electrons. The first-order chi connectivity index (χ1) is 14.5. The fraction of sp³-hybridized carbons (Fsp3) is 0.522. The van der Waals surface area contributed by atoms with E-state index < -0.39 is 0 Å². The molecule has 0 aliphatic carbocycles. The van der Waals surface area contributed by atoms with Gasteiger partial charge in [0.05, 0.1) is 17.7 Å². The zero-order valence-electron chi connectivity index (χ0n) is 18.3. The van der Waals surface area contributed by atoms with Gasteiger partial charge in [-0.15, -0.1) is 0 Å². The summed E-state index contributed by atoms with van der Waals surface area (Å²) >= 11 is 0. The van der Waals surface area contributed by atoms with Crippen molar-refractivity contribution in [1.82, 2.24) is 25.7 Å². The van der Waals surface area contributed by atoms with Crippen LogP contribution in [0.1, 0.15) is 48.4 Å². The maximum Gasteiger partial charge on any atom is 0.230 e. The molecule has 2 N–H and O–H groups in total. The Bertz CT molecular complexity index is 884. The number of anilines is 1. The summed E-state index contributed by atoms with van der Waals surface area (Å²) in [6.45, 7) is 5.70. The third kappa shape index (κ3) is 4.04. The van der Waals surface area contributed by atoms with Crippen LogP contribution in [0.2, 0.25) is 0 Å². The van der Waals surface area contributed by atoms with E-state index in [9.17, 15) is 4.79 Å². The van der Waals surface area contributed by atoms with Crippen LogP contribution < -0.4 is 15.8 Å². The Morgan fingerprint density at radius 2 is 2.00 bits per heavy atom. The van der Waals surface area contributed by atoms with Gasteiger partial charge in [-0.2, -0.15) is 0 Å². The standard InChI is InChI=1S/C23H32N6O/c1-15-7-9-17(10-8-15)16(2)22(30)29-13-5-6-20(29)21-18(14-25-27-21)19-11-12-24-23(26-19)28(3)4/h7-12,16,18,20-21,25,27H,5-6,13-14H2,1-4H3. The highest BCUT2D eigenvalue weighted by Gasteiger charge is 2.43. The van der Waals surface area contributed by atoms with Crippen LogP contribution in [-0.4, -0.2) is 60.0 Å². The summed E-state index contributed by atoms with van der Waals surface area (Å²) in [4.78, 5) is 26.6. The van der Waals surface area contributed by atoms with Gasteiger partial charge in [0.1, 0.15) is 0 Å². The molecule has 4 rings (SSSR count). The number of hydrazine groups is 1. The highest BCUT2D eigenvalue weighted by molar-refractivity contribution is 5.84. The topological polar surface area (TPSA) is 73.4 Å². The molecule has 0 saturated carbocycles. The Balaban J connectivity index is 1.54. The van der Waals surface area contributed by atoms with Gasteiger partial charge in [0.15, 0.2) is 0 Å². The zero-order chi connectivity index (χ0) is 21.3. The largest absolute Gasteiger partial charge is 0.347 e. The van der Waals surface area contributed by atoms with E-state index in [-0.39, 0.29) is 29.8 Å². The predicted octanol–water partition coefficient (Wildman–Crippen LogP) is 2.21. The maximum absolute atomic E-state index is 13.4. The van der Waals surface area contributed by atoms with Crippen molar-refractivity contribution >= 4 is 11.9 Å². The van der Waals surface area contributed by atoms with Gasteiger partial charge in [-0.25, -0.2) is 9.97 Å². The number of hydrogen-bond donors (Lipinski definition) is 2. The molecular weight excluding hydrogens is 376 g/mol. The number of hydrogen-bond acceptors (Lipinski definition) is 6. The molecular formula is C23H32N6O. The molecule has 0 spiro atoms. The second kappa shape index (κ2) is 8.70. The number of carbonyl (C=O) groups excluding carboxylic acids is 1. The minimum absolute atomic E-state index is 0.131. The van der Waals surface area contributed by atoms with Crippen molar-refractivity contribution in [1.29, 1.82) is 0 Å². The van der Waals surface area contributed by atoms with Crippen molar-refractivity contribution in [3.05, 3.63) is 53.3 Å². The first kappa shape index (κ1) is 20.8. The molecule has 2 aromatic rings. The summed E-state index contributed by atoms with van der Waals surface area (Å²) in [5.74, 6) is 0.981. The molecule has 2 aliphatic heterocycles. The molecule has 0 radical (unpaired) electrons. The fourth-order valence-corrected chi connectivity index (χ4v) is 4.64. The molecule has 4 atom stereocenters. The molecule has 30 heavy (non-hydrogen) atoms. The Hall–Kier alpha value is -2.51. The average molecular weight is 409 g/mol. The monoisotopic (exact) mass is 408 g/mol. The van der Waals surface area contributed by atoms with Crippen molar-refractivity contribution in [2.45, 2.75) is 50.6 Å². The van der Waals surface area contributed by atoms with Gasteiger partial charge in [0.2, 0.25) is 11.9 Å². The molecule has 1 aromatic carbocycles. The van der Waals surface area contributed by atoms with E-state index >= 15 is 0 Å². The van der Waals surface area contributed by atoms with E-state index in [0.717, 1.165) is 37.2 Å². The molecule has 0 bridgehead atoms. The second-order valence-corrected chi connectivity index (χ2v) is 8.71. The predicted molar refractivity (Wildman–Crippen MR) is 118 cm³/mol. The smallest absolute Gasteiger partial charge is 0.230 e. The van der Waals surface area contributed by atoms with Crippen molar-refractivity contribution in [2.75, 3.05) is 32.1 Å². The lowest BCUT2D eigenvalue weighted by atomic mass is 9.90. The second-order valence-electron chi connectivity index (χ2n) is 8.71. The number of aryl methyl sites for hydroxylation is 1. The lowest BCUT2D eigenvalue weighted by molar-refractivity contribution is -0.133. The van der Waals surface area contributed by atoms with Crippen LogP contribution in [0, 0.1) is 6.92 Å². The van der Waals surface area contributed by atoms with E-state index in [1.807, 2.05) is 38.2 Å². The minimum atomic E-state index is -0.140. The molecule has 1 aromatic heterocycles. The van der Waals surface area contributed by atoms with Gasteiger partial charge in [-0.3, -0.25) is 15.6 Å². The first-order valence-electron chi connectivity index (χ1n) is 10.8. The number of nitrogens with zero attached hydrogens (tertiary/aromatic N) is 4. The summed E-state index contributed by atoms with van der Waals surface area (Å²) in [7, 11) is 3.90. The Kier molecular flexibility index (Phi) is 6.01. The van der Waals surface area contributed by atoms with Gasteiger partial charge in [-0.1, -0.05) is 29.8 Å². The number of rotatable bonds is 5. The van der Waals surface area contributed by atoms with Crippen LogP contribution in [0.3, 0.4) is 0 Å². The van der Waals surface area contributed by atoms with Crippen LogP contribution in [0.4, 0.5) is 5.95 Å². The lowest BCUT2D eigenvalue weighted by Gasteiger charge is -2.34. The molecule has 7 heteroatoms. The van der Waals surface area contributed by atoms with E-state index in [0.29, 0.717) is 5.95 Å². The molecule has 2 saturated heterocycles. The Morgan fingerprint density at radius 3 is 2.73 bits per heavy atom. The summed E-state index contributed by atoms with van der Waals surface area (Å²) < 4.78 is 0. The fourth-order valence-electron chi connectivity index (χ4n) is 4.64. The molecule has 1 amide bonds. The van der Waals surface area contributed by atoms with E-state index in [1.165, 1.54) is 5.56 Å². The zero-order valence-corrected chi connectivity index (χ0v) is 18.3. The molecule has 2 fully saturated rings. The summed E-state index contributed by atoms with van der Waals surface area (Å²) in [5.41, 5.74) is 10.1. The third-order valence-electron chi connectivity index (χ3n) is 6.41. The molecule has 4 unspecified atom stereocenters. The van der Waals surface area contributed by atoms with Gasteiger partial charge in [-0.05, 0) is 38.3 Å². The number of nitrogens with one attached hydrogen (secondary N) is 2. The minimum Gasteiger partial charge on any atom is -0.347 e. The summed E-state index contributed by atoms with van der Waals surface area (Å²) in [6, 6.07) is 10.6. The number of benzene rings is 1. The van der Waals surface area contributed by atoms with Gasteiger partial charge in [0.25, 0.3) is 0 Å². The van der Waals surface area contributed by atoms with E-state index in [4.69, 9.17) is 4.98 Å². The van der Waals surface area contributed by atoms with E-state index in [1.54, 1.807) is 0 Å². The van der Waals surface area contributed by atoms with Gasteiger partial charge in [0, 0.05) is 45.3 Å². The highest BCUT2D eigenvalue weighted by Crippen LogP contribution is 2.33. The molecule has 3 heterocycles. The lowest BCUT2D eigenvalue weighted by Crippen LogP contribution is -2.50. The highest BCUT2D eigenvalue weighted by atomic mass is 16.2. The summed E-state index contributed by atoms with van der Waals surface area (Å²) in [6.07, 6.45) is 3.87. The van der Waals surface area contributed by atoms with Crippen LogP contribution >= 0.6 is 0 Å². The number of likely N-dealkylation sites (tertiary alicyclic amines) is 1. The van der Waals surface area contributed by atoms with E-state index in [2.05, 4.69) is 51.9 Å². The van der Waals surface area contributed by atoms with Gasteiger partial charge >= 0.3 is 0 Å². The Labute approximate surface area is 178 Å².